The van der Waals surface area contributed by atoms with Crippen LogP contribution in [0.15, 0.2) is 54.6 Å². The van der Waals surface area contributed by atoms with E-state index in [4.69, 9.17) is 0 Å². The van der Waals surface area contributed by atoms with Gasteiger partial charge < -0.3 is 10.2 Å². The third-order valence-electron chi connectivity index (χ3n) is 5.35. The number of piperazine rings is 1. The average Bonchev–Trinajstić information content (AvgIpc) is 2.77. The molecule has 154 valence electrons. The van der Waals surface area contributed by atoms with Gasteiger partial charge in [0.2, 0.25) is 0 Å². The predicted molar refractivity (Wildman–Crippen MR) is 116 cm³/mol. The highest BCUT2D eigenvalue weighted by Crippen LogP contribution is 2.13. The highest BCUT2D eigenvalue weighted by Gasteiger charge is 2.22. The van der Waals surface area contributed by atoms with Crippen molar-refractivity contribution in [3.05, 3.63) is 71.3 Å². The molecule has 0 saturated carbocycles. The van der Waals surface area contributed by atoms with Gasteiger partial charge in [0.25, 0.3) is 11.8 Å². The molecule has 0 radical (unpaired) electrons. The van der Waals surface area contributed by atoms with Crippen molar-refractivity contribution in [3.63, 3.8) is 0 Å². The van der Waals surface area contributed by atoms with E-state index in [1.807, 2.05) is 11.0 Å². The third-order valence-corrected chi connectivity index (χ3v) is 5.35. The van der Waals surface area contributed by atoms with E-state index in [0.717, 1.165) is 38.9 Å². The summed E-state index contributed by atoms with van der Waals surface area (Å²) in [7, 11) is 0. The Balaban J connectivity index is 1.52. The van der Waals surface area contributed by atoms with E-state index < -0.39 is 0 Å². The van der Waals surface area contributed by atoms with Crippen molar-refractivity contribution in [3.8, 4) is 0 Å². The molecule has 1 N–H and O–H groups in total. The number of carbonyl (C=O) groups is 2. The van der Waals surface area contributed by atoms with Crippen LogP contribution in [0.1, 0.15) is 52.5 Å². The van der Waals surface area contributed by atoms with E-state index in [1.54, 1.807) is 24.3 Å². The minimum absolute atomic E-state index is 0.00462. The summed E-state index contributed by atoms with van der Waals surface area (Å²) in [5.74, 6) is -0.103. The second kappa shape index (κ2) is 10.8. The topological polar surface area (TPSA) is 52.7 Å². The quantitative estimate of drug-likeness (QED) is 0.698. The van der Waals surface area contributed by atoms with E-state index >= 15 is 0 Å². The Hall–Kier alpha value is -2.66. The Morgan fingerprint density at radius 2 is 1.62 bits per heavy atom. The summed E-state index contributed by atoms with van der Waals surface area (Å²) in [5.41, 5.74) is 2.43. The maximum atomic E-state index is 12.9. The Morgan fingerprint density at radius 1 is 0.897 bits per heavy atom. The molecule has 5 nitrogen and oxygen atoms in total. The molecule has 1 aliphatic heterocycles. The maximum Gasteiger partial charge on any atom is 0.253 e. The molecule has 29 heavy (non-hydrogen) atoms. The minimum Gasteiger partial charge on any atom is -0.352 e. The van der Waals surface area contributed by atoms with Crippen LogP contribution in [0.3, 0.4) is 0 Å². The molecule has 0 bridgehead atoms. The minimum atomic E-state index is -0.108. The lowest BCUT2D eigenvalue weighted by molar-refractivity contribution is 0.0628. The van der Waals surface area contributed by atoms with Gasteiger partial charge in [0, 0.05) is 50.4 Å². The monoisotopic (exact) mass is 393 g/mol. The molecule has 0 unspecified atom stereocenters. The number of benzene rings is 2. The van der Waals surface area contributed by atoms with Crippen LogP contribution < -0.4 is 5.32 Å². The van der Waals surface area contributed by atoms with Crippen molar-refractivity contribution in [2.24, 2.45) is 0 Å². The molecular weight excluding hydrogens is 362 g/mol. The van der Waals surface area contributed by atoms with Crippen LogP contribution in [-0.4, -0.2) is 54.3 Å². The Morgan fingerprint density at radius 3 is 2.34 bits per heavy atom. The van der Waals surface area contributed by atoms with Gasteiger partial charge in [-0.3, -0.25) is 14.5 Å². The molecule has 0 atom stereocenters. The smallest absolute Gasteiger partial charge is 0.253 e. The lowest BCUT2D eigenvalue weighted by atomic mass is 10.1. The van der Waals surface area contributed by atoms with Crippen LogP contribution in [0.25, 0.3) is 0 Å². The molecule has 0 aromatic heterocycles. The van der Waals surface area contributed by atoms with Crippen LogP contribution in [0.5, 0.6) is 0 Å². The molecule has 0 aliphatic carbocycles. The zero-order valence-corrected chi connectivity index (χ0v) is 17.3. The van der Waals surface area contributed by atoms with Gasteiger partial charge in [0.15, 0.2) is 0 Å². The Labute approximate surface area is 173 Å². The van der Waals surface area contributed by atoms with Crippen molar-refractivity contribution >= 4 is 11.8 Å². The van der Waals surface area contributed by atoms with Crippen molar-refractivity contribution in [1.29, 1.82) is 0 Å². The fourth-order valence-electron chi connectivity index (χ4n) is 3.61. The van der Waals surface area contributed by atoms with Crippen LogP contribution in [0.4, 0.5) is 0 Å². The number of hydrogen-bond acceptors (Lipinski definition) is 3. The zero-order chi connectivity index (χ0) is 20.5. The van der Waals surface area contributed by atoms with Crippen LogP contribution in [0, 0.1) is 0 Å². The first-order valence-electron chi connectivity index (χ1n) is 10.6. The van der Waals surface area contributed by atoms with Gasteiger partial charge in [0.05, 0.1) is 0 Å². The summed E-state index contributed by atoms with van der Waals surface area (Å²) in [4.78, 5) is 29.5. The predicted octanol–water partition coefficient (Wildman–Crippen LogP) is 3.56. The van der Waals surface area contributed by atoms with E-state index in [2.05, 4.69) is 41.4 Å². The number of unbranched alkanes of at least 4 members (excludes halogenated alkanes) is 2. The molecule has 1 aliphatic rings. The molecule has 0 spiro atoms. The molecule has 1 fully saturated rings. The van der Waals surface area contributed by atoms with Gasteiger partial charge >= 0.3 is 0 Å². The Bertz CT molecular complexity index is 799. The maximum absolute atomic E-state index is 12.9. The molecule has 5 heteroatoms. The second-order valence-corrected chi connectivity index (χ2v) is 7.60. The van der Waals surface area contributed by atoms with Gasteiger partial charge in [-0.15, -0.1) is 0 Å². The first-order chi connectivity index (χ1) is 14.2. The number of carbonyl (C=O) groups excluding carboxylic acids is 2. The van der Waals surface area contributed by atoms with Gasteiger partial charge in [-0.25, -0.2) is 0 Å². The fourth-order valence-corrected chi connectivity index (χ4v) is 3.61. The van der Waals surface area contributed by atoms with Gasteiger partial charge in [-0.1, -0.05) is 56.2 Å². The average molecular weight is 394 g/mol. The van der Waals surface area contributed by atoms with Crippen LogP contribution in [0.2, 0.25) is 0 Å². The molecule has 1 heterocycles. The number of amides is 2. The van der Waals surface area contributed by atoms with Crippen molar-refractivity contribution < 1.29 is 9.59 Å². The highest BCUT2D eigenvalue weighted by molar-refractivity contribution is 5.99. The third kappa shape index (κ3) is 6.16. The normalized spacial score (nSPS) is 14.6. The van der Waals surface area contributed by atoms with Gasteiger partial charge in [-0.05, 0) is 30.2 Å². The molecule has 2 aromatic carbocycles. The second-order valence-electron chi connectivity index (χ2n) is 7.60. The van der Waals surface area contributed by atoms with Crippen molar-refractivity contribution in [1.82, 2.24) is 15.1 Å². The molecule has 2 amide bonds. The molecule has 1 saturated heterocycles. The number of hydrogen-bond donors (Lipinski definition) is 1. The molecule has 2 aromatic rings. The summed E-state index contributed by atoms with van der Waals surface area (Å²) in [6.45, 7) is 6.86. The number of nitrogens with zero attached hydrogens (tertiary/aromatic N) is 2. The van der Waals surface area contributed by atoms with E-state index in [-0.39, 0.29) is 11.8 Å². The van der Waals surface area contributed by atoms with Gasteiger partial charge in [-0.2, -0.15) is 0 Å². The summed E-state index contributed by atoms with van der Waals surface area (Å²) in [6.07, 6.45) is 3.21. The number of nitrogens with one attached hydrogen (secondary N) is 1. The molecule has 3 rings (SSSR count). The van der Waals surface area contributed by atoms with Crippen LogP contribution in [-0.2, 0) is 6.54 Å². The lowest BCUT2D eigenvalue weighted by Gasteiger charge is -2.34. The first-order valence-corrected chi connectivity index (χ1v) is 10.6. The van der Waals surface area contributed by atoms with Crippen molar-refractivity contribution in [2.75, 3.05) is 32.7 Å². The standard InChI is InChI=1S/C24H31N3O2/c1-2-3-7-13-25-23(28)21-11-8-12-22(18-21)24(29)27-16-14-26(15-17-27)19-20-9-5-4-6-10-20/h4-6,8-12,18H,2-3,7,13-17,19H2,1H3,(H,25,28). The van der Waals surface area contributed by atoms with Gasteiger partial charge in [0.1, 0.15) is 0 Å². The van der Waals surface area contributed by atoms with E-state index in [1.165, 1.54) is 5.56 Å². The molecular formula is C24H31N3O2. The summed E-state index contributed by atoms with van der Waals surface area (Å²) in [5, 5.41) is 2.94. The zero-order valence-electron chi connectivity index (χ0n) is 17.3. The summed E-state index contributed by atoms with van der Waals surface area (Å²) < 4.78 is 0. The SMILES string of the molecule is CCCCCNC(=O)c1cccc(C(=O)N2CCN(Cc3ccccc3)CC2)c1. The summed E-state index contributed by atoms with van der Waals surface area (Å²) >= 11 is 0. The largest absolute Gasteiger partial charge is 0.352 e. The van der Waals surface area contributed by atoms with Crippen LogP contribution >= 0.6 is 0 Å². The van der Waals surface area contributed by atoms with E-state index in [9.17, 15) is 9.59 Å². The highest BCUT2D eigenvalue weighted by atomic mass is 16.2. The summed E-state index contributed by atoms with van der Waals surface area (Å²) in [6, 6.07) is 17.5. The first kappa shape index (κ1) is 21.1. The Kier molecular flexibility index (Phi) is 7.82. The van der Waals surface area contributed by atoms with E-state index in [0.29, 0.717) is 30.8 Å². The lowest BCUT2D eigenvalue weighted by Crippen LogP contribution is -2.48. The van der Waals surface area contributed by atoms with Crippen molar-refractivity contribution in [2.45, 2.75) is 32.7 Å². The fraction of sp³-hybridized carbons (Fsp3) is 0.417. The number of rotatable bonds is 8.